The van der Waals surface area contributed by atoms with Gasteiger partial charge in [-0.2, -0.15) is 12.7 Å². The molecule has 36 heavy (non-hydrogen) atoms. The number of carbonyl (C=O) groups excluding carboxylic acids is 2. The smallest absolute Gasteiger partial charge is 0.304 e. The van der Waals surface area contributed by atoms with Crippen molar-refractivity contribution in [3.8, 4) is 0 Å². The summed E-state index contributed by atoms with van der Waals surface area (Å²) in [5, 5.41) is 3.37. The van der Waals surface area contributed by atoms with Crippen molar-refractivity contribution in [3.05, 3.63) is 63.9 Å². The number of hydrogen-bond donors (Lipinski definition) is 1. The van der Waals surface area contributed by atoms with Crippen LogP contribution in [0, 0.1) is 11.7 Å². The van der Waals surface area contributed by atoms with Gasteiger partial charge in [-0.15, -0.1) is 0 Å². The van der Waals surface area contributed by atoms with Crippen LogP contribution in [0.2, 0.25) is 10.0 Å². The van der Waals surface area contributed by atoms with Crippen molar-refractivity contribution in [1.29, 1.82) is 0 Å². The molecule has 0 radical (unpaired) electrons. The number of nitrogens with zero attached hydrogens (tertiary/aromatic N) is 3. The van der Waals surface area contributed by atoms with E-state index < -0.39 is 40.4 Å². The Kier molecular flexibility index (Phi) is 10.5. The van der Waals surface area contributed by atoms with Crippen LogP contribution in [-0.2, 0) is 26.3 Å². The highest BCUT2D eigenvalue weighted by atomic mass is 35.5. The molecule has 0 aliphatic carbocycles. The molecule has 0 spiro atoms. The van der Waals surface area contributed by atoms with Crippen molar-refractivity contribution >= 4 is 50.9 Å². The van der Waals surface area contributed by atoms with E-state index in [0.29, 0.717) is 21.4 Å². The Morgan fingerprint density at radius 1 is 1.03 bits per heavy atom. The van der Waals surface area contributed by atoms with Crippen molar-refractivity contribution in [2.75, 3.05) is 31.5 Å². The summed E-state index contributed by atoms with van der Waals surface area (Å²) in [6, 6.07) is 9.07. The summed E-state index contributed by atoms with van der Waals surface area (Å²) in [7, 11) is -1.69. The van der Waals surface area contributed by atoms with Gasteiger partial charge < -0.3 is 10.2 Å². The van der Waals surface area contributed by atoms with E-state index in [1.165, 1.54) is 37.2 Å². The van der Waals surface area contributed by atoms with Crippen LogP contribution in [0.5, 0.6) is 0 Å². The molecule has 0 heterocycles. The van der Waals surface area contributed by atoms with E-state index in [2.05, 4.69) is 5.32 Å². The van der Waals surface area contributed by atoms with Crippen LogP contribution in [0.15, 0.2) is 42.5 Å². The second-order valence-corrected chi connectivity index (χ2v) is 11.7. The van der Waals surface area contributed by atoms with Gasteiger partial charge in [0.2, 0.25) is 11.8 Å². The zero-order chi connectivity index (χ0) is 27.2. The molecule has 1 atom stereocenters. The van der Waals surface area contributed by atoms with Gasteiger partial charge in [0.05, 0.1) is 15.7 Å². The summed E-state index contributed by atoms with van der Waals surface area (Å²) < 4.78 is 42.3. The van der Waals surface area contributed by atoms with E-state index in [-0.39, 0.29) is 23.2 Å². The largest absolute Gasteiger partial charge is 0.354 e. The average molecular weight is 562 g/mol. The van der Waals surface area contributed by atoms with Gasteiger partial charge in [-0.3, -0.25) is 9.59 Å². The fourth-order valence-electron chi connectivity index (χ4n) is 3.23. The summed E-state index contributed by atoms with van der Waals surface area (Å²) in [4.78, 5) is 27.7. The van der Waals surface area contributed by atoms with Gasteiger partial charge in [-0.25, -0.2) is 8.70 Å². The van der Waals surface area contributed by atoms with Gasteiger partial charge >= 0.3 is 10.2 Å². The molecular weight excluding hydrogens is 530 g/mol. The zero-order valence-corrected chi connectivity index (χ0v) is 23.2. The van der Waals surface area contributed by atoms with Crippen molar-refractivity contribution in [2.45, 2.75) is 33.4 Å². The highest BCUT2D eigenvalue weighted by molar-refractivity contribution is 7.90. The number of halogens is 3. The number of hydrogen-bond acceptors (Lipinski definition) is 4. The minimum Gasteiger partial charge on any atom is -0.354 e. The normalized spacial score (nSPS) is 12.5. The molecule has 8 nitrogen and oxygen atoms in total. The predicted molar refractivity (Wildman–Crippen MR) is 141 cm³/mol. The van der Waals surface area contributed by atoms with Crippen LogP contribution >= 0.6 is 23.2 Å². The summed E-state index contributed by atoms with van der Waals surface area (Å²) in [6.45, 7) is 5.01. The Balaban J connectivity index is 2.47. The molecule has 0 fully saturated rings. The van der Waals surface area contributed by atoms with Crippen molar-refractivity contribution in [1.82, 2.24) is 14.5 Å². The molecule has 2 aromatic carbocycles. The molecule has 1 N–H and O–H groups in total. The number of nitrogens with one attached hydrogen (secondary N) is 1. The lowest BCUT2D eigenvalue weighted by molar-refractivity contribution is -0.139. The molecule has 12 heteroatoms. The Bertz CT molecular complexity index is 1190. The van der Waals surface area contributed by atoms with Gasteiger partial charge in [0.15, 0.2) is 0 Å². The summed E-state index contributed by atoms with van der Waals surface area (Å²) in [5.41, 5.74) is 0.292. The van der Waals surface area contributed by atoms with Crippen LogP contribution in [0.3, 0.4) is 0 Å². The summed E-state index contributed by atoms with van der Waals surface area (Å²) in [5.74, 6) is -1.75. The van der Waals surface area contributed by atoms with Gasteiger partial charge in [-0.1, -0.05) is 55.2 Å². The zero-order valence-electron chi connectivity index (χ0n) is 20.8. The standard InChI is InChI=1S/C24H31Cl2FN4O4S/c1-16(2)13-28-24(33)17(3)30(14-18-10-11-19(25)20(26)12-18)23(32)15-31(36(34,35)29(4)5)22-9-7-6-8-21(22)27/h6-12,16-17H,13-15H2,1-5H3,(H,28,33)/t17-/m1/s1. The van der Waals surface area contributed by atoms with Crippen LogP contribution in [0.25, 0.3) is 0 Å². The van der Waals surface area contributed by atoms with E-state index in [1.54, 1.807) is 25.1 Å². The van der Waals surface area contributed by atoms with Crippen LogP contribution < -0.4 is 9.62 Å². The van der Waals surface area contributed by atoms with Crippen molar-refractivity contribution in [2.24, 2.45) is 5.92 Å². The highest BCUT2D eigenvalue weighted by Gasteiger charge is 2.33. The Morgan fingerprint density at radius 3 is 2.22 bits per heavy atom. The number of carbonyl (C=O) groups is 2. The number of benzene rings is 2. The Labute approximate surface area is 222 Å². The average Bonchev–Trinajstić information content (AvgIpc) is 2.81. The maximum atomic E-state index is 14.6. The number of amides is 2. The fraction of sp³-hybridized carbons (Fsp3) is 0.417. The first-order valence-electron chi connectivity index (χ1n) is 11.2. The van der Waals surface area contributed by atoms with Crippen LogP contribution in [-0.4, -0.2) is 62.7 Å². The maximum absolute atomic E-state index is 14.6. The second kappa shape index (κ2) is 12.7. The Hall–Kier alpha value is -2.40. The Morgan fingerprint density at radius 2 is 1.67 bits per heavy atom. The predicted octanol–water partition coefficient (Wildman–Crippen LogP) is 3.93. The molecule has 0 aliphatic heterocycles. The molecular formula is C24H31Cl2FN4O4S. The highest BCUT2D eigenvalue weighted by Crippen LogP contribution is 2.26. The second-order valence-electron chi connectivity index (χ2n) is 8.83. The van der Waals surface area contributed by atoms with Gasteiger partial charge in [0, 0.05) is 27.2 Å². The topological polar surface area (TPSA) is 90.0 Å². The lowest BCUT2D eigenvalue weighted by atomic mass is 10.1. The SMILES string of the molecule is CC(C)CNC(=O)[C@@H](C)N(Cc1ccc(Cl)c(Cl)c1)C(=O)CN(c1ccccc1F)S(=O)(=O)N(C)C. The van der Waals surface area contributed by atoms with E-state index in [0.717, 1.165) is 10.4 Å². The minimum atomic E-state index is -4.26. The quantitative estimate of drug-likeness (QED) is 0.450. The first-order chi connectivity index (χ1) is 16.7. The molecule has 0 unspecified atom stereocenters. The van der Waals surface area contributed by atoms with E-state index in [4.69, 9.17) is 23.2 Å². The third-order valence-electron chi connectivity index (χ3n) is 5.33. The van der Waals surface area contributed by atoms with Gasteiger partial charge in [0.25, 0.3) is 0 Å². The number of para-hydroxylation sites is 1. The summed E-state index contributed by atoms with van der Waals surface area (Å²) >= 11 is 12.1. The van der Waals surface area contributed by atoms with Crippen molar-refractivity contribution < 1.29 is 22.4 Å². The van der Waals surface area contributed by atoms with Gasteiger partial charge in [0.1, 0.15) is 18.4 Å². The van der Waals surface area contributed by atoms with E-state index in [1.807, 2.05) is 13.8 Å². The molecule has 0 saturated heterocycles. The van der Waals surface area contributed by atoms with Crippen molar-refractivity contribution in [3.63, 3.8) is 0 Å². The lowest BCUT2D eigenvalue weighted by Crippen LogP contribution is -2.52. The molecule has 2 aromatic rings. The first kappa shape index (κ1) is 29.8. The molecule has 0 aliphatic rings. The molecule has 0 bridgehead atoms. The minimum absolute atomic E-state index is 0.0564. The van der Waals surface area contributed by atoms with Gasteiger partial charge in [-0.05, 0) is 42.7 Å². The lowest BCUT2D eigenvalue weighted by Gasteiger charge is -2.33. The van der Waals surface area contributed by atoms with E-state index >= 15 is 0 Å². The number of anilines is 1. The fourth-order valence-corrected chi connectivity index (χ4v) is 4.61. The van der Waals surface area contributed by atoms with E-state index in [9.17, 15) is 22.4 Å². The maximum Gasteiger partial charge on any atom is 0.304 e. The first-order valence-corrected chi connectivity index (χ1v) is 13.4. The molecule has 2 amide bonds. The molecule has 0 saturated carbocycles. The van der Waals surface area contributed by atoms with Crippen LogP contribution in [0.4, 0.5) is 10.1 Å². The monoisotopic (exact) mass is 560 g/mol. The summed E-state index contributed by atoms with van der Waals surface area (Å²) in [6.07, 6.45) is 0. The molecule has 0 aromatic heterocycles. The number of rotatable bonds is 11. The third kappa shape index (κ3) is 7.55. The van der Waals surface area contributed by atoms with Crippen LogP contribution in [0.1, 0.15) is 26.3 Å². The molecule has 198 valence electrons. The third-order valence-corrected chi connectivity index (χ3v) is 7.87. The molecule has 2 rings (SSSR count).